The first-order valence-electron chi connectivity index (χ1n) is 3.76. The third-order valence-electron chi connectivity index (χ3n) is 1.56. The lowest BCUT2D eigenvalue weighted by Crippen LogP contribution is -2.38. The minimum atomic E-state index is -0.500. The summed E-state index contributed by atoms with van der Waals surface area (Å²) in [6.07, 6.45) is 0.0258. The Morgan fingerprint density at radius 1 is 1.58 bits per heavy atom. The van der Waals surface area contributed by atoms with Crippen molar-refractivity contribution in [1.82, 2.24) is 5.48 Å². The minimum absolute atomic E-state index is 0.0225. The summed E-state index contributed by atoms with van der Waals surface area (Å²) >= 11 is 0. The minimum Gasteiger partial charge on any atom is -0.380 e. The Morgan fingerprint density at radius 2 is 2.17 bits per heavy atom. The van der Waals surface area contributed by atoms with Gasteiger partial charge < -0.3 is 10.5 Å². The largest absolute Gasteiger partial charge is 0.380 e. The first-order valence-corrected chi connectivity index (χ1v) is 3.76. The SMILES string of the molecule is COC(C)C(C)NOCC(N)=O. The summed E-state index contributed by atoms with van der Waals surface area (Å²) in [4.78, 5) is 15.0. The predicted molar refractivity (Wildman–Crippen MR) is 44.2 cm³/mol. The Balaban J connectivity index is 3.43. The summed E-state index contributed by atoms with van der Waals surface area (Å²) in [7, 11) is 1.61. The van der Waals surface area contributed by atoms with Crippen LogP contribution in [0.1, 0.15) is 13.8 Å². The molecule has 72 valence electrons. The maximum Gasteiger partial charge on any atom is 0.245 e. The zero-order valence-corrected chi connectivity index (χ0v) is 7.66. The average molecular weight is 176 g/mol. The van der Waals surface area contributed by atoms with E-state index >= 15 is 0 Å². The summed E-state index contributed by atoms with van der Waals surface area (Å²) < 4.78 is 5.01. The maximum absolute atomic E-state index is 10.2. The van der Waals surface area contributed by atoms with Crippen molar-refractivity contribution in [2.45, 2.75) is 26.0 Å². The number of amides is 1. The molecule has 0 saturated heterocycles. The molecule has 0 saturated carbocycles. The lowest BCUT2D eigenvalue weighted by molar-refractivity contribution is -0.127. The van der Waals surface area contributed by atoms with E-state index in [-0.39, 0.29) is 18.8 Å². The molecular weight excluding hydrogens is 160 g/mol. The van der Waals surface area contributed by atoms with Gasteiger partial charge in [0.1, 0.15) is 6.61 Å². The monoisotopic (exact) mass is 176 g/mol. The number of nitrogens with two attached hydrogens (primary N) is 1. The van der Waals surface area contributed by atoms with Crippen molar-refractivity contribution < 1.29 is 14.4 Å². The summed E-state index contributed by atoms with van der Waals surface area (Å²) in [6.45, 7) is 3.65. The number of rotatable bonds is 6. The van der Waals surface area contributed by atoms with Gasteiger partial charge in [-0.25, -0.2) is 0 Å². The summed E-state index contributed by atoms with van der Waals surface area (Å²) in [5, 5.41) is 0. The molecule has 2 atom stereocenters. The van der Waals surface area contributed by atoms with Gasteiger partial charge >= 0.3 is 0 Å². The molecule has 0 aromatic carbocycles. The van der Waals surface area contributed by atoms with E-state index in [0.717, 1.165) is 0 Å². The topological polar surface area (TPSA) is 73.6 Å². The maximum atomic E-state index is 10.2. The molecule has 5 heteroatoms. The second kappa shape index (κ2) is 5.93. The Morgan fingerprint density at radius 3 is 2.58 bits per heavy atom. The number of nitrogens with one attached hydrogen (secondary N) is 1. The highest BCUT2D eigenvalue weighted by Gasteiger charge is 2.10. The van der Waals surface area contributed by atoms with Crippen LogP contribution in [-0.4, -0.2) is 31.8 Å². The van der Waals surface area contributed by atoms with Gasteiger partial charge in [0.25, 0.3) is 0 Å². The van der Waals surface area contributed by atoms with Gasteiger partial charge in [-0.05, 0) is 13.8 Å². The van der Waals surface area contributed by atoms with Crippen molar-refractivity contribution in [2.24, 2.45) is 5.73 Å². The zero-order valence-electron chi connectivity index (χ0n) is 7.66. The lowest BCUT2D eigenvalue weighted by Gasteiger charge is -2.18. The van der Waals surface area contributed by atoms with Crippen LogP contribution in [0.3, 0.4) is 0 Å². The van der Waals surface area contributed by atoms with Crippen molar-refractivity contribution in [3.8, 4) is 0 Å². The molecule has 0 rings (SSSR count). The smallest absolute Gasteiger partial charge is 0.245 e. The fraction of sp³-hybridized carbons (Fsp3) is 0.857. The number of carbonyl (C=O) groups excluding carboxylic acids is 1. The van der Waals surface area contributed by atoms with Gasteiger partial charge in [-0.1, -0.05) is 0 Å². The molecule has 12 heavy (non-hydrogen) atoms. The van der Waals surface area contributed by atoms with Crippen molar-refractivity contribution in [3.05, 3.63) is 0 Å². The molecule has 3 N–H and O–H groups in total. The molecule has 0 bridgehead atoms. The number of hydroxylamine groups is 1. The molecule has 0 aliphatic carbocycles. The molecule has 0 heterocycles. The van der Waals surface area contributed by atoms with E-state index < -0.39 is 5.91 Å². The van der Waals surface area contributed by atoms with Gasteiger partial charge in [-0.2, -0.15) is 5.48 Å². The van der Waals surface area contributed by atoms with Crippen LogP contribution >= 0.6 is 0 Å². The van der Waals surface area contributed by atoms with E-state index in [1.54, 1.807) is 7.11 Å². The lowest BCUT2D eigenvalue weighted by atomic mass is 10.2. The fourth-order valence-electron chi connectivity index (χ4n) is 0.544. The van der Waals surface area contributed by atoms with Gasteiger partial charge in [0.2, 0.25) is 5.91 Å². The quantitative estimate of drug-likeness (QED) is 0.531. The van der Waals surface area contributed by atoms with Crippen molar-refractivity contribution in [3.63, 3.8) is 0 Å². The van der Waals surface area contributed by atoms with Crippen molar-refractivity contribution >= 4 is 5.91 Å². The molecule has 1 amide bonds. The van der Waals surface area contributed by atoms with E-state index in [1.165, 1.54) is 0 Å². The van der Waals surface area contributed by atoms with E-state index in [0.29, 0.717) is 0 Å². The van der Waals surface area contributed by atoms with Gasteiger partial charge in [-0.15, -0.1) is 0 Å². The molecule has 0 aliphatic rings. The number of carbonyl (C=O) groups is 1. The molecule has 0 aromatic heterocycles. The molecule has 2 unspecified atom stereocenters. The zero-order chi connectivity index (χ0) is 9.56. The highest BCUT2D eigenvalue weighted by atomic mass is 16.6. The van der Waals surface area contributed by atoms with Gasteiger partial charge in [0.15, 0.2) is 0 Å². The molecule has 5 nitrogen and oxygen atoms in total. The third kappa shape index (κ3) is 5.06. The van der Waals surface area contributed by atoms with Crippen LogP contribution in [0.5, 0.6) is 0 Å². The fourth-order valence-corrected chi connectivity index (χ4v) is 0.544. The van der Waals surface area contributed by atoms with Gasteiger partial charge in [0, 0.05) is 7.11 Å². The summed E-state index contributed by atoms with van der Waals surface area (Å²) in [6, 6.07) is 0.0225. The van der Waals surface area contributed by atoms with Crippen LogP contribution in [0.15, 0.2) is 0 Å². The Labute approximate surface area is 72.2 Å². The normalized spacial score (nSPS) is 15.6. The summed E-state index contributed by atoms with van der Waals surface area (Å²) in [5.41, 5.74) is 7.49. The van der Waals surface area contributed by atoms with E-state index in [9.17, 15) is 4.79 Å². The van der Waals surface area contributed by atoms with Crippen LogP contribution in [0.25, 0.3) is 0 Å². The second-order valence-corrected chi connectivity index (χ2v) is 2.60. The number of hydrogen-bond donors (Lipinski definition) is 2. The van der Waals surface area contributed by atoms with E-state index in [2.05, 4.69) is 5.48 Å². The number of methoxy groups -OCH3 is 1. The average Bonchev–Trinajstić information content (AvgIpc) is 2.02. The Kier molecular flexibility index (Phi) is 5.61. The molecule has 0 fully saturated rings. The van der Waals surface area contributed by atoms with Crippen LogP contribution in [0.4, 0.5) is 0 Å². The van der Waals surface area contributed by atoms with Crippen LogP contribution in [-0.2, 0) is 14.4 Å². The van der Waals surface area contributed by atoms with Crippen LogP contribution in [0, 0.1) is 0 Å². The van der Waals surface area contributed by atoms with Crippen LogP contribution in [0.2, 0.25) is 0 Å². The van der Waals surface area contributed by atoms with Gasteiger partial charge in [-0.3, -0.25) is 9.63 Å². The predicted octanol–water partition coefficient (Wildman–Crippen LogP) is -0.584. The van der Waals surface area contributed by atoms with Crippen molar-refractivity contribution in [1.29, 1.82) is 0 Å². The van der Waals surface area contributed by atoms with E-state index in [1.807, 2.05) is 13.8 Å². The number of primary amides is 1. The highest BCUT2D eigenvalue weighted by molar-refractivity contribution is 5.74. The second-order valence-electron chi connectivity index (χ2n) is 2.60. The highest BCUT2D eigenvalue weighted by Crippen LogP contribution is 1.94. The Hall–Kier alpha value is -0.650. The van der Waals surface area contributed by atoms with Crippen molar-refractivity contribution in [2.75, 3.05) is 13.7 Å². The number of ether oxygens (including phenoxy) is 1. The first kappa shape index (κ1) is 11.4. The van der Waals surface area contributed by atoms with E-state index in [4.69, 9.17) is 15.3 Å². The van der Waals surface area contributed by atoms with Crippen LogP contribution < -0.4 is 11.2 Å². The van der Waals surface area contributed by atoms with Gasteiger partial charge in [0.05, 0.1) is 12.1 Å². The standard InChI is InChI=1S/C7H16N2O3/c1-5(6(2)11-3)9-12-4-7(8)10/h5-6,9H,4H2,1-3H3,(H2,8,10). The molecule has 0 aromatic rings. The molecule has 0 spiro atoms. The molecular formula is C7H16N2O3. The molecule has 0 aliphatic heterocycles. The summed E-state index contributed by atoms with van der Waals surface area (Å²) in [5.74, 6) is -0.500. The Bertz CT molecular complexity index is 141. The third-order valence-corrected chi connectivity index (χ3v) is 1.56. The number of hydrogen-bond acceptors (Lipinski definition) is 4. The molecule has 0 radical (unpaired) electrons. The first-order chi connectivity index (χ1) is 5.57.